The largest absolute Gasteiger partial charge is 0.457 e. The van der Waals surface area contributed by atoms with E-state index in [1.807, 2.05) is 62.3 Å². The Morgan fingerprint density at radius 3 is 2.54 bits per heavy atom. The number of benzene rings is 1. The summed E-state index contributed by atoms with van der Waals surface area (Å²) in [5.41, 5.74) is 2.88. The molecule has 1 atom stereocenters. The average Bonchev–Trinajstić information content (AvgIpc) is 2.68. The molecule has 0 unspecified atom stereocenters. The Labute approximate surface area is 168 Å². The number of nitrogens with zero attached hydrogens (tertiary/aromatic N) is 3. The standard InChI is InChI=1S/C21H29N3O3S/c1-5-28(25,26)24-12-6-7-17(15-24)21-14-20(13-16(2)22-21)27-19-10-8-18(9-11-19)23(3)4/h8-11,13-14,17H,5-7,12,15H2,1-4H3/t17-/m0/s1. The first-order valence-electron chi connectivity index (χ1n) is 9.70. The second-order valence-corrected chi connectivity index (χ2v) is 9.71. The maximum Gasteiger partial charge on any atom is 0.213 e. The van der Waals surface area contributed by atoms with E-state index in [0.29, 0.717) is 13.1 Å². The molecule has 1 aromatic heterocycles. The molecule has 0 amide bonds. The normalized spacial score (nSPS) is 18.1. The van der Waals surface area contributed by atoms with Gasteiger partial charge in [-0.3, -0.25) is 4.98 Å². The fourth-order valence-electron chi connectivity index (χ4n) is 3.50. The minimum Gasteiger partial charge on any atom is -0.457 e. The predicted octanol–water partition coefficient (Wildman–Crippen LogP) is 3.78. The van der Waals surface area contributed by atoms with Gasteiger partial charge >= 0.3 is 0 Å². The smallest absolute Gasteiger partial charge is 0.213 e. The Morgan fingerprint density at radius 2 is 1.89 bits per heavy atom. The summed E-state index contributed by atoms with van der Waals surface area (Å²) in [7, 11) is 0.829. The molecule has 1 aliphatic rings. The monoisotopic (exact) mass is 403 g/mol. The van der Waals surface area contributed by atoms with Gasteiger partial charge in [-0.2, -0.15) is 0 Å². The molecule has 0 bridgehead atoms. The van der Waals surface area contributed by atoms with Gasteiger partial charge in [-0.1, -0.05) is 0 Å². The molecule has 152 valence electrons. The quantitative estimate of drug-likeness (QED) is 0.735. The van der Waals surface area contributed by atoms with Crippen molar-refractivity contribution < 1.29 is 13.2 Å². The Bertz CT molecular complexity index is 911. The molecule has 0 N–H and O–H groups in total. The van der Waals surface area contributed by atoms with E-state index in [1.54, 1.807) is 11.2 Å². The lowest BCUT2D eigenvalue weighted by molar-refractivity contribution is 0.312. The van der Waals surface area contributed by atoms with Gasteiger partial charge in [0.15, 0.2) is 0 Å². The summed E-state index contributed by atoms with van der Waals surface area (Å²) in [5, 5.41) is 0. The summed E-state index contributed by atoms with van der Waals surface area (Å²) in [6.45, 7) is 4.72. The maximum absolute atomic E-state index is 12.3. The zero-order chi connectivity index (χ0) is 20.3. The van der Waals surface area contributed by atoms with Gasteiger partial charge in [-0.25, -0.2) is 12.7 Å². The summed E-state index contributed by atoms with van der Waals surface area (Å²) in [6.07, 6.45) is 1.78. The highest BCUT2D eigenvalue weighted by Crippen LogP contribution is 2.31. The third-order valence-corrected chi connectivity index (χ3v) is 6.94. The number of hydrogen-bond donors (Lipinski definition) is 0. The van der Waals surface area contributed by atoms with Crippen LogP contribution < -0.4 is 9.64 Å². The number of rotatable bonds is 6. The maximum atomic E-state index is 12.3. The molecular weight excluding hydrogens is 374 g/mol. The van der Waals surface area contributed by atoms with Crippen LogP contribution in [0.3, 0.4) is 0 Å². The van der Waals surface area contributed by atoms with E-state index < -0.39 is 10.0 Å². The van der Waals surface area contributed by atoms with Crippen LogP contribution in [0.15, 0.2) is 36.4 Å². The van der Waals surface area contributed by atoms with Crippen molar-refractivity contribution in [1.29, 1.82) is 0 Å². The molecule has 0 radical (unpaired) electrons. The zero-order valence-corrected chi connectivity index (χ0v) is 17.9. The fourth-order valence-corrected chi connectivity index (χ4v) is 4.68. The van der Waals surface area contributed by atoms with E-state index >= 15 is 0 Å². The van der Waals surface area contributed by atoms with Gasteiger partial charge in [0.25, 0.3) is 0 Å². The second-order valence-electron chi connectivity index (χ2n) is 7.46. The van der Waals surface area contributed by atoms with Crippen molar-refractivity contribution in [1.82, 2.24) is 9.29 Å². The van der Waals surface area contributed by atoms with E-state index in [9.17, 15) is 8.42 Å². The van der Waals surface area contributed by atoms with Gasteiger partial charge < -0.3 is 9.64 Å². The molecule has 6 nitrogen and oxygen atoms in total. The Balaban J connectivity index is 1.79. The number of ether oxygens (including phenoxy) is 1. The number of aromatic nitrogens is 1. The van der Waals surface area contributed by atoms with Crippen LogP contribution in [-0.2, 0) is 10.0 Å². The van der Waals surface area contributed by atoms with Crippen LogP contribution in [0.5, 0.6) is 11.5 Å². The summed E-state index contributed by atoms with van der Waals surface area (Å²) in [4.78, 5) is 6.71. The molecule has 1 aliphatic heterocycles. The van der Waals surface area contributed by atoms with Gasteiger partial charge in [0.2, 0.25) is 10.0 Å². The number of piperidine rings is 1. The van der Waals surface area contributed by atoms with Gasteiger partial charge in [0.1, 0.15) is 11.5 Å². The van der Waals surface area contributed by atoms with Gasteiger partial charge in [-0.15, -0.1) is 0 Å². The molecule has 1 saturated heterocycles. The molecule has 0 saturated carbocycles. The molecule has 7 heteroatoms. The van der Waals surface area contributed by atoms with E-state index in [0.717, 1.165) is 41.4 Å². The van der Waals surface area contributed by atoms with Gasteiger partial charge in [0, 0.05) is 62.3 Å². The van der Waals surface area contributed by atoms with E-state index in [-0.39, 0.29) is 11.7 Å². The van der Waals surface area contributed by atoms with Crippen molar-refractivity contribution in [2.24, 2.45) is 0 Å². The van der Waals surface area contributed by atoms with Crippen LogP contribution in [0.2, 0.25) is 0 Å². The van der Waals surface area contributed by atoms with Crippen LogP contribution in [0, 0.1) is 6.92 Å². The predicted molar refractivity (Wildman–Crippen MR) is 113 cm³/mol. The molecule has 28 heavy (non-hydrogen) atoms. The number of anilines is 1. The molecule has 2 heterocycles. The lowest BCUT2D eigenvalue weighted by atomic mass is 9.95. The van der Waals surface area contributed by atoms with Crippen LogP contribution in [0.4, 0.5) is 5.69 Å². The van der Waals surface area contributed by atoms with Crippen LogP contribution in [-0.4, -0.2) is 50.6 Å². The minimum absolute atomic E-state index is 0.0911. The van der Waals surface area contributed by atoms with Crippen molar-refractivity contribution in [3.05, 3.63) is 47.8 Å². The number of pyridine rings is 1. The average molecular weight is 404 g/mol. The third-order valence-electron chi connectivity index (χ3n) is 5.10. The van der Waals surface area contributed by atoms with E-state index in [4.69, 9.17) is 4.74 Å². The second kappa shape index (κ2) is 8.49. The Kier molecular flexibility index (Phi) is 6.25. The summed E-state index contributed by atoms with van der Waals surface area (Å²) < 4.78 is 32.2. The molecule has 1 aromatic carbocycles. The highest BCUT2D eigenvalue weighted by Gasteiger charge is 2.29. The SMILES string of the molecule is CCS(=O)(=O)N1CCC[C@H](c2cc(Oc3ccc(N(C)C)cc3)cc(C)n2)C1. The topological polar surface area (TPSA) is 62.7 Å². The highest BCUT2D eigenvalue weighted by atomic mass is 32.2. The van der Waals surface area contributed by atoms with Crippen molar-refractivity contribution in [3.63, 3.8) is 0 Å². The van der Waals surface area contributed by atoms with Crippen molar-refractivity contribution >= 4 is 15.7 Å². The molecular formula is C21H29N3O3S. The van der Waals surface area contributed by atoms with Crippen LogP contribution in [0.25, 0.3) is 0 Å². The first kappa shape index (κ1) is 20.6. The highest BCUT2D eigenvalue weighted by molar-refractivity contribution is 7.89. The number of sulfonamides is 1. The fraction of sp³-hybridized carbons (Fsp3) is 0.476. The summed E-state index contributed by atoms with van der Waals surface area (Å²) in [5.74, 6) is 1.73. The van der Waals surface area contributed by atoms with Crippen molar-refractivity contribution in [2.45, 2.75) is 32.6 Å². The molecule has 3 rings (SSSR count). The Hall–Kier alpha value is -2.12. The molecule has 0 spiro atoms. The van der Waals surface area contributed by atoms with Crippen molar-refractivity contribution in [2.75, 3.05) is 37.8 Å². The number of aryl methyl sites for hydroxylation is 1. The first-order valence-corrected chi connectivity index (χ1v) is 11.3. The van der Waals surface area contributed by atoms with Crippen LogP contribution in [0.1, 0.15) is 37.1 Å². The molecule has 0 aliphatic carbocycles. The lowest BCUT2D eigenvalue weighted by Gasteiger charge is -2.31. The number of hydrogen-bond acceptors (Lipinski definition) is 5. The molecule has 1 fully saturated rings. The minimum atomic E-state index is -3.17. The molecule has 2 aromatic rings. The lowest BCUT2D eigenvalue weighted by Crippen LogP contribution is -2.40. The third kappa shape index (κ3) is 4.83. The van der Waals surface area contributed by atoms with E-state index in [1.165, 1.54) is 0 Å². The first-order chi connectivity index (χ1) is 13.3. The van der Waals surface area contributed by atoms with Crippen molar-refractivity contribution in [3.8, 4) is 11.5 Å². The summed E-state index contributed by atoms with van der Waals surface area (Å²) in [6, 6.07) is 11.8. The van der Waals surface area contributed by atoms with E-state index in [2.05, 4.69) is 4.98 Å². The van der Waals surface area contributed by atoms with Gasteiger partial charge in [-0.05, 0) is 51.0 Å². The Morgan fingerprint density at radius 1 is 1.18 bits per heavy atom. The zero-order valence-electron chi connectivity index (χ0n) is 17.1. The van der Waals surface area contributed by atoms with Crippen LogP contribution >= 0.6 is 0 Å². The summed E-state index contributed by atoms with van der Waals surface area (Å²) >= 11 is 0. The van der Waals surface area contributed by atoms with Gasteiger partial charge in [0.05, 0.1) is 5.75 Å².